The van der Waals surface area contributed by atoms with Crippen LogP contribution in [0.25, 0.3) is 0 Å². The van der Waals surface area contributed by atoms with Crippen LogP contribution in [0.15, 0.2) is 24.3 Å². The molecule has 2 unspecified atom stereocenters. The van der Waals surface area contributed by atoms with Gasteiger partial charge in [-0.3, -0.25) is 0 Å². The first-order valence-electron chi connectivity index (χ1n) is 7.10. The fourth-order valence-electron chi connectivity index (χ4n) is 2.18. The van der Waals surface area contributed by atoms with Crippen LogP contribution >= 0.6 is 0 Å². The number of rotatable bonds is 7. The van der Waals surface area contributed by atoms with Gasteiger partial charge in [0.15, 0.2) is 9.84 Å². The third kappa shape index (κ3) is 3.96. The van der Waals surface area contributed by atoms with Crippen LogP contribution in [0.1, 0.15) is 38.3 Å². The van der Waals surface area contributed by atoms with Crippen molar-refractivity contribution in [2.75, 3.05) is 12.8 Å². The standard InChI is InChI=1S/C15H23NO3S/c1-4-16-15(11(2)20(3,17)18)12-6-5-7-14(10-12)19-13-8-9-13/h5-7,10-11,13,15-16H,4,8-9H2,1-3H3. The molecule has 0 amide bonds. The van der Waals surface area contributed by atoms with Gasteiger partial charge in [-0.1, -0.05) is 19.1 Å². The summed E-state index contributed by atoms with van der Waals surface area (Å²) in [5, 5.41) is 2.79. The normalized spacial score (nSPS) is 18.6. The Morgan fingerprint density at radius 2 is 2.10 bits per heavy atom. The average molecular weight is 297 g/mol. The number of ether oxygens (including phenoxy) is 1. The first kappa shape index (κ1) is 15.3. The van der Waals surface area contributed by atoms with E-state index in [-0.39, 0.29) is 6.04 Å². The molecule has 112 valence electrons. The van der Waals surface area contributed by atoms with Crippen molar-refractivity contribution in [3.63, 3.8) is 0 Å². The molecule has 2 atom stereocenters. The Morgan fingerprint density at radius 1 is 1.40 bits per heavy atom. The van der Waals surface area contributed by atoms with Crippen LogP contribution in [0.2, 0.25) is 0 Å². The van der Waals surface area contributed by atoms with E-state index in [0.29, 0.717) is 6.10 Å². The Hall–Kier alpha value is -1.07. The predicted octanol–water partition coefficient (Wildman–Crippen LogP) is 2.31. The summed E-state index contributed by atoms with van der Waals surface area (Å²) >= 11 is 0. The molecule has 1 aromatic rings. The summed E-state index contributed by atoms with van der Waals surface area (Å²) in [4.78, 5) is 0. The van der Waals surface area contributed by atoms with Crippen molar-refractivity contribution >= 4 is 9.84 Å². The molecular weight excluding hydrogens is 274 g/mol. The second-order valence-corrected chi connectivity index (χ2v) is 7.86. The zero-order chi connectivity index (χ0) is 14.8. The maximum absolute atomic E-state index is 11.8. The molecule has 1 saturated carbocycles. The van der Waals surface area contributed by atoms with E-state index in [4.69, 9.17) is 4.74 Å². The van der Waals surface area contributed by atoms with Gasteiger partial charge < -0.3 is 10.1 Å². The molecule has 2 rings (SSSR count). The summed E-state index contributed by atoms with van der Waals surface area (Å²) in [6, 6.07) is 7.54. The minimum absolute atomic E-state index is 0.210. The highest BCUT2D eigenvalue weighted by atomic mass is 32.2. The van der Waals surface area contributed by atoms with E-state index < -0.39 is 15.1 Å². The van der Waals surface area contributed by atoms with Gasteiger partial charge in [0.25, 0.3) is 0 Å². The number of sulfone groups is 1. The molecule has 1 aromatic carbocycles. The van der Waals surface area contributed by atoms with Gasteiger partial charge in [-0.25, -0.2) is 8.42 Å². The number of hydrogen-bond donors (Lipinski definition) is 1. The molecule has 0 radical (unpaired) electrons. The molecule has 0 bridgehead atoms. The van der Waals surface area contributed by atoms with E-state index in [1.54, 1.807) is 6.92 Å². The molecule has 0 aromatic heterocycles. The average Bonchev–Trinajstić information content (AvgIpc) is 3.18. The van der Waals surface area contributed by atoms with Crippen LogP contribution in [-0.4, -0.2) is 32.6 Å². The van der Waals surface area contributed by atoms with E-state index in [1.165, 1.54) is 6.26 Å². The van der Waals surface area contributed by atoms with Gasteiger partial charge in [0, 0.05) is 12.3 Å². The van der Waals surface area contributed by atoms with Crippen molar-refractivity contribution in [1.29, 1.82) is 0 Å². The van der Waals surface area contributed by atoms with Crippen LogP contribution in [-0.2, 0) is 9.84 Å². The number of nitrogens with one attached hydrogen (secondary N) is 1. The number of hydrogen-bond acceptors (Lipinski definition) is 4. The van der Waals surface area contributed by atoms with E-state index in [9.17, 15) is 8.42 Å². The van der Waals surface area contributed by atoms with Gasteiger partial charge >= 0.3 is 0 Å². The highest BCUT2D eigenvalue weighted by Crippen LogP contribution is 2.29. The Labute approximate surface area is 121 Å². The molecule has 0 spiro atoms. The predicted molar refractivity (Wildman–Crippen MR) is 80.8 cm³/mol. The maximum Gasteiger partial charge on any atom is 0.151 e. The molecule has 0 aliphatic heterocycles. The highest BCUT2D eigenvalue weighted by molar-refractivity contribution is 7.91. The molecule has 20 heavy (non-hydrogen) atoms. The van der Waals surface area contributed by atoms with Gasteiger partial charge in [-0.15, -0.1) is 0 Å². The molecule has 1 aliphatic carbocycles. The number of benzene rings is 1. The highest BCUT2D eigenvalue weighted by Gasteiger charge is 2.28. The van der Waals surface area contributed by atoms with Gasteiger partial charge in [-0.05, 0) is 44.0 Å². The van der Waals surface area contributed by atoms with Crippen molar-refractivity contribution in [3.8, 4) is 5.75 Å². The largest absolute Gasteiger partial charge is 0.490 e. The Balaban J connectivity index is 2.23. The van der Waals surface area contributed by atoms with Crippen LogP contribution < -0.4 is 10.1 Å². The first-order chi connectivity index (χ1) is 9.41. The fourth-order valence-corrected chi connectivity index (χ4v) is 2.93. The summed E-state index contributed by atoms with van der Waals surface area (Å²) in [6.07, 6.45) is 3.85. The Morgan fingerprint density at radius 3 is 2.65 bits per heavy atom. The third-order valence-electron chi connectivity index (χ3n) is 3.61. The second kappa shape index (κ2) is 6.14. The topological polar surface area (TPSA) is 55.4 Å². The maximum atomic E-state index is 11.8. The van der Waals surface area contributed by atoms with Crippen LogP contribution in [0.5, 0.6) is 5.75 Å². The monoisotopic (exact) mass is 297 g/mol. The first-order valence-corrected chi connectivity index (χ1v) is 9.06. The Kier molecular flexibility index (Phi) is 4.70. The minimum atomic E-state index is -3.10. The Bertz CT molecular complexity index is 552. The zero-order valence-corrected chi connectivity index (χ0v) is 13.1. The molecule has 0 heterocycles. The minimum Gasteiger partial charge on any atom is -0.490 e. The van der Waals surface area contributed by atoms with Crippen molar-refractivity contribution in [2.45, 2.75) is 44.1 Å². The lowest BCUT2D eigenvalue weighted by Crippen LogP contribution is -2.34. The van der Waals surface area contributed by atoms with Gasteiger partial charge in [-0.2, -0.15) is 0 Å². The van der Waals surface area contributed by atoms with Crippen LogP contribution in [0, 0.1) is 0 Å². The van der Waals surface area contributed by atoms with Gasteiger partial charge in [0.1, 0.15) is 5.75 Å². The third-order valence-corrected chi connectivity index (χ3v) is 5.24. The van der Waals surface area contributed by atoms with E-state index in [1.807, 2.05) is 31.2 Å². The smallest absolute Gasteiger partial charge is 0.151 e. The van der Waals surface area contributed by atoms with Crippen molar-refractivity contribution < 1.29 is 13.2 Å². The zero-order valence-electron chi connectivity index (χ0n) is 12.3. The molecular formula is C15H23NO3S. The second-order valence-electron chi connectivity index (χ2n) is 5.46. The van der Waals surface area contributed by atoms with E-state index in [0.717, 1.165) is 30.7 Å². The lowest BCUT2D eigenvalue weighted by Gasteiger charge is -2.24. The summed E-state index contributed by atoms with van der Waals surface area (Å²) in [5.41, 5.74) is 0.961. The van der Waals surface area contributed by atoms with Gasteiger partial charge in [0.05, 0.1) is 11.4 Å². The van der Waals surface area contributed by atoms with Crippen molar-refractivity contribution in [1.82, 2.24) is 5.32 Å². The van der Waals surface area contributed by atoms with E-state index in [2.05, 4.69) is 5.32 Å². The summed E-state index contributed by atoms with van der Waals surface area (Å²) in [7, 11) is -3.10. The molecule has 5 heteroatoms. The lowest BCUT2D eigenvalue weighted by atomic mass is 10.0. The molecule has 4 nitrogen and oxygen atoms in total. The summed E-state index contributed by atoms with van der Waals surface area (Å²) in [5.74, 6) is 0.827. The van der Waals surface area contributed by atoms with Crippen molar-refractivity contribution in [2.24, 2.45) is 0 Å². The van der Waals surface area contributed by atoms with Crippen LogP contribution in [0.4, 0.5) is 0 Å². The van der Waals surface area contributed by atoms with E-state index >= 15 is 0 Å². The summed E-state index contributed by atoms with van der Waals surface area (Å²) in [6.45, 7) is 4.45. The SMILES string of the molecule is CCNC(c1cccc(OC2CC2)c1)C(C)S(C)(=O)=O. The molecule has 1 fully saturated rings. The molecule has 1 aliphatic rings. The summed E-state index contributed by atoms with van der Waals surface area (Å²) < 4.78 is 29.4. The molecule has 0 saturated heterocycles. The lowest BCUT2D eigenvalue weighted by molar-refractivity contribution is 0.302. The quantitative estimate of drug-likeness (QED) is 0.839. The van der Waals surface area contributed by atoms with Crippen LogP contribution in [0.3, 0.4) is 0 Å². The fraction of sp³-hybridized carbons (Fsp3) is 0.600. The van der Waals surface area contributed by atoms with Gasteiger partial charge in [0.2, 0.25) is 0 Å². The van der Waals surface area contributed by atoms with Crippen molar-refractivity contribution in [3.05, 3.63) is 29.8 Å². The molecule has 1 N–H and O–H groups in total.